The lowest BCUT2D eigenvalue weighted by Crippen LogP contribution is -2.55. The normalized spacial score (nSPS) is 28.5. The largest absolute Gasteiger partial charge is 0.477 e. The van der Waals surface area contributed by atoms with Gasteiger partial charge in [0.15, 0.2) is 0 Å². The third-order valence-electron chi connectivity index (χ3n) is 7.51. The van der Waals surface area contributed by atoms with E-state index in [0.717, 1.165) is 11.8 Å². The summed E-state index contributed by atoms with van der Waals surface area (Å²) in [5, 5.41) is 7.76. The van der Waals surface area contributed by atoms with Crippen molar-refractivity contribution in [1.82, 2.24) is 15.1 Å². The number of rotatable bonds is 9. The Morgan fingerprint density at radius 1 is 1.18 bits per heavy atom. The molecule has 5 rings (SSSR count). The topological polar surface area (TPSA) is 82.5 Å². The molecule has 1 N–H and O–H groups in total. The minimum Gasteiger partial charge on any atom is -0.477 e. The first-order valence-corrected chi connectivity index (χ1v) is 12.6. The summed E-state index contributed by atoms with van der Waals surface area (Å²) in [4.78, 5) is 25.6. The molecule has 33 heavy (non-hydrogen) atoms. The minimum absolute atomic E-state index is 0.115. The van der Waals surface area contributed by atoms with Gasteiger partial charge in [0.05, 0.1) is 24.8 Å². The number of nitrogens with one attached hydrogen (secondary N) is 1. The summed E-state index contributed by atoms with van der Waals surface area (Å²) in [6.45, 7) is 10.3. The second-order valence-electron chi connectivity index (χ2n) is 11.2. The van der Waals surface area contributed by atoms with Crippen LogP contribution in [0.1, 0.15) is 77.1 Å². The average Bonchev–Trinajstić information content (AvgIpc) is 3.16. The molecule has 1 aromatic rings. The fraction of sp³-hybridized carbons (Fsp3) is 0.731. The molecule has 1 aromatic heterocycles. The molecule has 0 radical (unpaired) electrons. The molecule has 0 aromatic carbocycles. The van der Waals surface area contributed by atoms with E-state index in [1.165, 1.54) is 32.1 Å². The third-order valence-corrected chi connectivity index (χ3v) is 7.51. The zero-order valence-corrected chi connectivity index (χ0v) is 20.7. The van der Waals surface area contributed by atoms with Gasteiger partial charge >= 0.3 is 5.97 Å². The van der Waals surface area contributed by atoms with Crippen LogP contribution in [0.3, 0.4) is 0 Å². The van der Waals surface area contributed by atoms with E-state index in [1.54, 1.807) is 43.9 Å². The lowest BCUT2D eigenvalue weighted by Gasteiger charge is -2.54. The summed E-state index contributed by atoms with van der Waals surface area (Å²) in [6.07, 6.45) is 11.4. The van der Waals surface area contributed by atoms with Gasteiger partial charge in [-0.25, -0.2) is 4.68 Å². The maximum Gasteiger partial charge on any atom is 0.315 e. The number of ether oxygens (including phenoxy) is 2. The van der Waals surface area contributed by atoms with Gasteiger partial charge in [-0.15, -0.1) is 0 Å². The molecule has 4 aliphatic carbocycles. The third kappa shape index (κ3) is 5.12. The fourth-order valence-electron chi connectivity index (χ4n) is 6.03. The zero-order valence-electron chi connectivity index (χ0n) is 20.7. The molecule has 0 saturated heterocycles. The maximum atomic E-state index is 13.4. The van der Waals surface area contributed by atoms with E-state index in [-0.39, 0.29) is 17.9 Å². The van der Waals surface area contributed by atoms with Crippen LogP contribution in [-0.2, 0) is 9.53 Å². The first kappa shape index (κ1) is 23.8. The number of carbonyl (C=O) groups is 2. The van der Waals surface area contributed by atoms with Crippen molar-refractivity contribution in [3.05, 3.63) is 17.8 Å². The predicted octanol–water partition coefficient (Wildman–Crippen LogP) is 4.53. The second kappa shape index (κ2) is 9.51. The fourth-order valence-corrected chi connectivity index (χ4v) is 6.03. The number of hydrogen-bond donors (Lipinski definition) is 1. The van der Waals surface area contributed by atoms with E-state index in [1.807, 2.05) is 0 Å². The molecule has 182 valence electrons. The summed E-state index contributed by atoms with van der Waals surface area (Å²) in [5.74, 6) is 3.22. The van der Waals surface area contributed by atoms with Crippen LogP contribution in [0.5, 0.6) is 5.88 Å². The Kier molecular flexibility index (Phi) is 6.87. The summed E-state index contributed by atoms with van der Waals surface area (Å²) < 4.78 is 12.8. The summed E-state index contributed by atoms with van der Waals surface area (Å²) >= 11 is 0. The van der Waals surface area contributed by atoms with Crippen molar-refractivity contribution >= 4 is 18.1 Å². The lowest BCUT2D eigenvalue weighted by atomic mass is 9.54. The Bertz CT molecular complexity index is 873. The quantitative estimate of drug-likeness (QED) is 0.551. The van der Waals surface area contributed by atoms with Crippen LogP contribution < -0.4 is 10.1 Å². The number of hydrogen-bond acceptors (Lipinski definition) is 5. The Morgan fingerprint density at radius 2 is 1.82 bits per heavy atom. The van der Waals surface area contributed by atoms with Gasteiger partial charge in [-0.05, 0) is 88.5 Å². The van der Waals surface area contributed by atoms with Crippen molar-refractivity contribution in [3.63, 3.8) is 0 Å². The lowest BCUT2D eigenvalue weighted by molar-refractivity contribution is -0.150. The first-order valence-electron chi connectivity index (χ1n) is 12.6. The van der Waals surface area contributed by atoms with Gasteiger partial charge in [0.2, 0.25) is 5.88 Å². The van der Waals surface area contributed by atoms with Gasteiger partial charge in [0, 0.05) is 12.2 Å². The molecule has 4 fully saturated rings. The molecule has 0 spiro atoms. The predicted molar refractivity (Wildman–Crippen MR) is 127 cm³/mol. The van der Waals surface area contributed by atoms with E-state index in [4.69, 9.17) is 9.47 Å². The van der Waals surface area contributed by atoms with Crippen molar-refractivity contribution in [2.24, 2.45) is 35.0 Å². The van der Waals surface area contributed by atoms with Crippen molar-refractivity contribution < 1.29 is 19.1 Å². The number of carbonyl (C=O) groups excluding carboxylic acids is 2. The summed E-state index contributed by atoms with van der Waals surface area (Å²) in [5.41, 5.74) is -0.372. The molecular weight excluding hydrogens is 418 g/mol. The summed E-state index contributed by atoms with van der Waals surface area (Å²) in [6, 6.07) is 0.255. The van der Waals surface area contributed by atoms with Crippen molar-refractivity contribution in [2.75, 3.05) is 13.2 Å². The highest BCUT2D eigenvalue weighted by Crippen LogP contribution is 2.53. The van der Waals surface area contributed by atoms with Crippen molar-refractivity contribution in [1.29, 1.82) is 0 Å². The number of aromatic nitrogens is 2. The van der Waals surface area contributed by atoms with Gasteiger partial charge in [0.1, 0.15) is 5.56 Å². The Hall–Kier alpha value is -2.31. The van der Waals surface area contributed by atoms with E-state index in [0.29, 0.717) is 42.4 Å². The van der Waals surface area contributed by atoms with Crippen LogP contribution in [0.25, 0.3) is 6.20 Å². The molecule has 4 bridgehead atoms. The Balaban J connectivity index is 1.52. The van der Waals surface area contributed by atoms with E-state index >= 15 is 0 Å². The Labute approximate surface area is 197 Å². The summed E-state index contributed by atoms with van der Waals surface area (Å²) in [7, 11) is 0. The van der Waals surface area contributed by atoms with Gasteiger partial charge in [-0.3, -0.25) is 9.59 Å². The zero-order chi connectivity index (χ0) is 23.8. The van der Waals surface area contributed by atoms with Crippen LogP contribution in [0.4, 0.5) is 0 Å². The minimum atomic E-state index is -0.819. The highest BCUT2D eigenvalue weighted by molar-refractivity contribution is 5.96. The maximum absolute atomic E-state index is 13.4. The van der Waals surface area contributed by atoms with Gasteiger partial charge in [-0.2, -0.15) is 5.10 Å². The molecule has 1 amide bonds. The molecule has 7 nitrogen and oxygen atoms in total. The van der Waals surface area contributed by atoms with E-state index < -0.39 is 5.41 Å². The number of esters is 1. The molecule has 0 atom stereocenters. The number of nitrogens with zero attached hydrogens (tertiary/aromatic N) is 2. The standard InChI is InChI=1S/C26H39N3O4/c1-6-32-25(31)26(4,5)7-8-29-24(33-15-16(2)3)21(14-27-29)23(30)28-22-19-10-17-9-18(12-19)13-20(22)11-17/h7-8,14,16-20,22H,6,9-13,15H2,1-5H3,(H,28,30). The monoisotopic (exact) mass is 457 g/mol. The molecule has 0 unspecified atom stereocenters. The second-order valence-corrected chi connectivity index (χ2v) is 11.2. The van der Waals surface area contributed by atoms with Crippen LogP contribution in [-0.4, -0.2) is 40.9 Å². The SMILES string of the molecule is CCOC(=O)C(C)(C)C=Cn1ncc(C(=O)NC2C3CC4CC(C3)CC2C4)c1OCC(C)C. The van der Waals surface area contributed by atoms with Crippen LogP contribution >= 0.6 is 0 Å². The highest BCUT2D eigenvalue weighted by atomic mass is 16.5. The smallest absolute Gasteiger partial charge is 0.315 e. The van der Waals surface area contributed by atoms with E-state index in [9.17, 15) is 9.59 Å². The van der Waals surface area contributed by atoms with Gasteiger partial charge in [-0.1, -0.05) is 13.8 Å². The molecule has 4 saturated carbocycles. The molecular formula is C26H39N3O4. The van der Waals surface area contributed by atoms with Crippen LogP contribution in [0.2, 0.25) is 0 Å². The first-order chi connectivity index (χ1) is 15.7. The van der Waals surface area contributed by atoms with Crippen molar-refractivity contribution in [3.8, 4) is 5.88 Å². The Morgan fingerprint density at radius 3 is 2.39 bits per heavy atom. The highest BCUT2D eigenvalue weighted by Gasteiger charge is 2.48. The van der Waals surface area contributed by atoms with Crippen LogP contribution in [0.15, 0.2) is 12.3 Å². The van der Waals surface area contributed by atoms with Gasteiger partial charge < -0.3 is 14.8 Å². The molecule has 4 aliphatic rings. The average molecular weight is 458 g/mol. The molecule has 0 aliphatic heterocycles. The van der Waals surface area contributed by atoms with Crippen LogP contribution in [0, 0.1) is 35.0 Å². The van der Waals surface area contributed by atoms with Crippen molar-refractivity contribution in [2.45, 2.75) is 72.8 Å². The van der Waals surface area contributed by atoms with E-state index in [2.05, 4.69) is 24.3 Å². The number of amides is 1. The molecule has 7 heteroatoms. The molecule has 1 heterocycles. The van der Waals surface area contributed by atoms with Gasteiger partial charge in [0.25, 0.3) is 5.91 Å².